The summed E-state index contributed by atoms with van der Waals surface area (Å²) in [5.74, 6) is 2.59. The first kappa shape index (κ1) is 31.2. The van der Waals surface area contributed by atoms with Gasteiger partial charge in [0.05, 0.1) is 0 Å². The van der Waals surface area contributed by atoms with E-state index in [-0.39, 0.29) is 12.1 Å². The molecule has 4 heteroatoms. The molecule has 8 aromatic rings. The number of benzene rings is 7. The second-order valence-electron chi connectivity index (χ2n) is 17.5. The van der Waals surface area contributed by atoms with E-state index in [4.69, 9.17) is 4.42 Å². The smallest absolute Gasteiger partial charge is 0.252 e. The van der Waals surface area contributed by atoms with Crippen LogP contribution < -0.4 is 26.2 Å². The second-order valence-corrected chi connectivity index (χ2v) is 17.5. The van der Waals surface area contributed by atoms with Gasteiger partial charge in [-0.25, -0.2) is 0 Å². The van der Waals surface area contributed by atoms with Crippen molar-refractivity contribution in [3.05, 3.63) is 163 Å². The van der Waals surface area contributed by atoms with E-state index in [1.807, 2.05) is 0 Å². The van der Waals surface area contributed by atoms with Gasteiger partial charge in [-0.3, -0.25) is 0 Å². The molecule has 0 atom stereocenters. The van der Waals surface area contributed by atoms with Crippen LogP contribution in [0.25, 0.3) is 33.1 Å². The quantitative estimate of drug-likeness (QED) is 0.169. The first-order valence-corrected chi connectivity index (χ1v) is 20.7. The summed E-state index contributed by atoms with van der Waals surface area (Å²) in [5.41, 5.74) is 17.7. The van der Waals surface area contributed by atoms with Crippen LogP contribution in [0.3, 0.4) is 0 Å². The minimum atomic E-state index is 0.126. The number of fused-ring (bicyclic) bond motifs is 7. The van der Waals surface area contributed by atoms with E-state index in [1.54, 1.807) is 5.56 Å². The van der Waals surface area contributed by atoms with Crippen molar-refractivity contribution in [1.82, 2.24) is 0 Å². The van der Waals surface area contributed by atoms with E-state index in [0.29, 0.717) is 0 Å². The molecule has 56 heavy (non-hydrogen) atoms. The van der Waals surface area contributed by atoms with E-state index in [2.05, 4.69) is 168 Å². The van der Waals surface area contributed by atoms with Crippen LogP contribution in [0, 0.1) is 17.8 Å². The Morgan fingerprint density at radius 3 is 1.79 bits per heavy atom. The van der Waals surface area contributed by atoms with Crippen molar-refractivity contribution in [2.45, 2.75) is 43.9 Å². The van der Waals surface area contributed by atoms with Crippen LogP contribution in [0.2, 0.25) is 0 Å². The van der Waals surface area contributed by atoms with Gasteiger partial charge >= 0.3 is 0 Å². The zero-order valence-electron chi connectivity index (χ0n) is 31.4. The third kappa shape index (κ3) is 4.36. The van der Waals surface area contributed by atoms with Crippen molar-refractivity contribution in [1.29, 1.82) is 0 Å². The lowest BCUT2D eigenvalue weighted by atomic mass is 9.33. The molecule has 7 aromatic carbocycles. The summed E-state index contributed by atoms with van der Waals surface area (Å²) < 4.78 is 6.59. The van der Waals surface area contributed by atoms with Crippen molar-refractivity contribution >= 4 is 79.2 Å². The SMILES string of the molecule is c1ccc(N2c3ccccc3B3c4ccccc4N(c4cccc(-c5cccc6c5oc5ccccc56)c4)c4cc(C56CC7CC(CC(C7)C5)C6)cc2c43)cc1. The fourth-order valence-electron chi connectivity index (χ4n) is 12.6. The zero-order chi connectivity index (χ0) is 36.5. The fraction of sp³-hybridized carbons (Fsp3) is 0.192. The first-order valence-electron chi connectivity index (χ1n) is 20.7. The molecule has 4 aliphatic carbocycles. The average molecular weight is 721 g/mol. The number of furan rings is 1. The summed E-state index contributed by atoms with van der Waals surface area (Å²) in [4.78, 5) is 5.19. The Morgan fingerprint density at radius 2 is 1.07 bits per heavy atom. The summed E-state index contributed by atoms with van der Waals surface area (Å²) >= 11 is 0. The molecule has 3 nitrogen and oxygen atoms in total. The molecule has 0 unspecified atom stereocenters. The minimum absolute atomic E-state index is 0.126. The van der Waals surface area contributed by atoms with Gasteiger partial charge in [0, 0.05) is 50.5 Å². The van der Waals surface area contributed by atoms with E-state index in [9.17, 15) is 0 Å². The summed E-state index contributed by atoms with van der Waals surface area (Å²) in [6, 6.07) is 59.0. The number of para-hydroxylation sites is 5. The standard InChI is InChI=1S/C52H41BN2O/c1-2-13-38(14-3-1)54-45-21-7-5-19-43(45)53-44-20-6-8-22-46(44)55(48-29-37(28-47(54)50(48)53)52-30-33-24-34(31-52)26-35(25-33)32-52)39-15-10-12-36(27-39)40-17-11-18-42-41-16-4-9-23-49(41)56-51(40)42/h1-23,27-29,33-35H,24-26,30-32H2. The van der Waals surface area contributed by atoms with Gasteiger partial charge in [0.1, 0.15) is 11.2 Å². The highest BCUT2D eigenvalue weighted by Gasteiger charge is 2.53. The van der Waals surface area contributed by atoms with E-state index >= 15 is 0 Å². The first-order chi connectivity index (χ1) is 27.7. The van der Waals surface area contributed by atoms with Gasteiger partial charge in [-0.2, -0.15) is 0 Å². The zero-order valence-corrected chi connectivity index (χ0v) is 31.4. The molecular weight excluding hydrogens is 679 g/mol. The predicted octanol–water partition coefficient (Wildman–Crippen LogP) is 11.8. The highest BCUT2D eigenvalue weighted by atomic mass is 16.3. The number of nitrogens with zero attached hydrogens (tertiary/aromatic N) is 2. The lowest BCUT2D eigenvalue weighted by Gasteiger charge is -2.57. The number of anilines is 6. The molecule has 0 saturated heterocycles. The molecule has 0 N–H and O–H groups in total. The third-order valence-electron chi connectivity index (χ3n) is 14.4. The van der Waals surface area contributed by atoms with Crippen molar-refractivity contribution in [3.8, 4) is 11.1 Å². The number of hydrogen-bond donors (Lipinski definition) is 0. The van der Waals surface area contributed by atoms with Gasteiger partial charge in [-0.1, -0.05) is 103 Å². The van der Waals surface area contributed by atoms with Gasteiger partial charge in [0.2, 0.25) is 0 Å². The van der Waals surface area contributed by atoms with Gasteiger partial charge in [0.15, 0.2) is 0 Å². The topological polar surface area (TPSA) is 19.6 Å². The van der Waals surface area contributed by atoms with E-state index in [0.717, 1.165) is 50.8 Å². The van der Waals surface area contributed by atoms with Crippen LogP contribution in [0.1, 0.15) is 44.1 Å². The second kappa shape index (κ2) is 11.5. The maximum Gasteiger partial charge on any atom is 0.252 e. The molecule has 4 bridgehead atoms. The van der Waals surface area contributed by atoms with Crippen LogP contribution in [-0.2, 0) is 5.41 Å². The molecule has 2 aliphatic heterocycles. The van der Waals surface area contributed by atoms with E-state index < -0.39 is 0 Å². The molecule has 3 heterocycles. The normalized spacial score (nSPS) is 22.7. The molecule has 268 valence electrons. The molecule has 0 spiro atoms. The fourth-order valence-corrected chi connectivity index (χ4v) is 12.6. The summed E-state index contributed by atoms with van der Waals surface area (Å²) in [7, 11) is 0. The Bertz CT molecular complexity index is 2860. The van der Waals surface area contributed by atoms with Gasteiger partial charge in [-0.15, -0.1) is 0 Å². The Hall–Kier alpha value is -6.00. The molecule has 4 saturated carbocycles. The summed E-state index contributed by atoms with van der Waals surface area (Å²) in [6.07, 6.45) is 8.30. The van der Waals surface area contributed by atoms with Crippen LogP contribution >= 0.6 is 0 Å². The number of rotatable bonds is 4. The van der Waals surface area contributed by atoms with Crippen LogP contribution in [-0.4, -0.2) is 6.71 Å². The maximum absolute atomic E-state index is 6.59. The Morgan fingerprint density at radius 1 is 0.500 bits per heavy atom. The predicted molar refractivity (Wildman–Crippen MR) is 233 cm³/mol. The van der Waals surface area contributed by atoms with Crippen molar-refractivity contribution < 1.29 is 4.42 Å². The highest BCUT2D eigenvalue weighted by molar-refractivity contribution is 7.00. The Kier molecular flexibility index (Phi) is 6.43. The Labute approximate surface area is 328 Å². The molecule has 1 aromatic heterocycles. The van der Waals surface area contributed by atoms with Gasteiger partial charge < -0.3 is 14.2 Å². The van der Waals surface area contributed by atoms with E-state index in [1.165, 1.54) is 89.0 Å². The number of hydrogen-bond acceptors (Lipinski definition) is 3. The Balaban J connectivity index is 1.08. The van der Waals surface area contributed by atoms with Crippen molar-refractivity contribution in [3.63, 3.8) is 0 Å². The van der Waals surface area contributed by atoms with Crippen LogP contribution in [0.4, 0.5) is 34.1 Å². The summed E-state index contributed by atoms with van der Waals surface area (Å²) in [6.45, 7) is 0.126. The van der Waals surface area contributed by atoms with Crippen LogP contribution in [0.15, 0.2) is 162 Å². The molecule has 4 fully saturated rings. The largest absolute Gasteiger partial charge is 0.455 e. The molecule has 14 rings (SSSR count). The highest BCUT2D eigenvalue weighted by Crippen LogP contribution is 2.62. The van der Waals surface area contributed by atoms with Crippen molar-refractivity contribution in [2.24, 2.45) is 17.8 Å². The summed E-state index contributed by atoms with van der Waals surface area (Å²) in [5, 5.41) is 2.32. The van der Waals surface area contributed by atoms with Crippen LogP contribution in [0.5, 0.6) is 0 Å². The van der Waals surface area contributed by atoms with Crippen molar-refractivity contribution in [2.75, 3.05) is 9.80 Å². The molecule has 6 aliphatic rings. The average Bonchev–Trinajstić information content (AvgIpc) is 3.62. The third-order valence-corrected chi connectivity index (χ3v) is 14.4. The molecular formula is C52H41BN2O. The minimum Gasteiger partial charge on any atom is -0.455 e. The lowest BCUT2D eigenvalue weighted by molar-refractivity contribution is -0.00514. The van der Waals surface area contributed by atoms with Gasteiger partial charge in [-0.05, 0) is 144 Å². The molecule has 0 amide bonds. The lowest BCUT2D eigenvalue weighted by Crippen LogP contribution is -2.61. The van der Waals surface area contributed by atoms with Gasteiger partial charge in [0.25, 0.3) is 6.71 Å². The maximum atomic E-state index is 6.59. The molecule has 0 radical (unpaired) electrons. The monoisotopic (exact) mass is 720 g/mol.